The molecule has 0 bridgehead atoms. The summed E-state index contributed by atoms with van der Waals surface area (Å²) in [6.07, 6.45) is 3.20. The lowest BCUT2D eigenvalue weighted by Gasteiger charge is -2.12. The van der Waals surface area contributed by atoms with E-state index in [-0.39, 0.29) is 29.2 Å². The molecule has 3 heterocycles. The second-order valence-electron chi connectivity index (χ2n) is 5.46. The van der Waals surface area contributed by atoms with Crippen molar-refractivity contribution in [1.82, 2.24) is 19.5 Å². The summed E-state index contributed by atoms with van der Waals surface area (Å²) < 4.78 is 7.37. The van der Waals surface area contributed by atoms with Crippen molar-refractivity contribution in [1.29, 1.82) is 0 Å². The van der Waals surface area contributed by atoms with Crippen LogP contribution in [0.15, 0.2) is 24.5 Å². The minimum absolute atomic E-state index is 0.175. The van der Waals surface area contributed by atoms with Crippen LogP contribution >= 0.6 is 0 Å². The van der Waals surface area contributed by atoms with Gasteiger partial charge in [-0.2, -0.15) is 9.97 Å². The molecule has 1 atom stereocenters. The van der Waals surface area contributed by atoms with Crippen molar-refractivity contribution in [3.8, 4) is 17.5 Å². The lowest BCUT2D eigenvalue weighted by molar-refractivity contribution is 0.0592. The largest absolute Gasteiger partial charge is 0.504 e. The van der Waals surface area contributed by atoms with Gasteiger partial charge in [-0.25, -0.2) is 4.98 Å². The minimum atomic E-state index is -0.426. The molecule has 1 aromatic carbocycles. The van der Waals surface area contributed by atoms with Crippen molar-refractivity contribution in [3.63, 3.8) is 0 Å². The predicted octanol–water partition coefficient (Wildman–Crippen LogP) is 2.00. The third-order valence-electron chi connectivity index (χ3n) is 3.89. The monoisotopic (exact) mass is 329 g/mol. The van der Waals surface area contributed by atoms with E-state index >= 15 is 0 Å². The Morgan fingerprint density at radius 1 is 1.21 bits per heavy atom. The molecule has 4 rings (SSSR count). The first-order valence-electron chi connectivity index (χ1n) is 7.46. The van der Waals surface area contributed by atoms with E-state index in [0.29, 0.717) is 17.8 Å². The molecular weight excluding hydrogens is 314 g/mol. The number of anilines is 2. The van der Waals surface area contributed by atoms with E-state index in [1.807, 2.05) is 0 Å². The fourth-order valence-corrected chi connectivity index (χ4v) is 2.74. The molecule has 0 spiro atoms. The number of para-hydroxylation sites is 1. The van der Waals surface area contributed by atoms with Crippen molar-refractivity contribution in [2.75, 3.05) is 11.9 Å². The third-order valence-corrected chi connectivity index (χ3v) is 3.89. The molecule has 1 fully saturated rings. The van der Waals surface area contributed by atoms with Crippen molar-refractivity contribution in [2.24, 2.45) is 0 Å². The normalized spacial score (nSPS) is 17.4. The molecule has 9 nitrogen and oxygen atoms in total. The summed E-state index contributed by atoms with van der Waals surface area (Å²) in [6, 6.07) is 4.07. The average Bonchev–Trinajstić information content (AvgIpc) is 3.20. The van der Waals surface area contributed by atoms with Gasteiger partial charge in [-0.1, -0.05) is 6.07 Å². The van der Waals surface area contributed by atoms with Crippen LogP contribution in [0.25, 0.3) is 11.2 Å². The average molecular weight is 329 g/mol. The van der Waals surface area contributed by atoms with E-state index in [4.69, 9.17) is 4.74 Å². The highest BCUT2D eigenvalue weighted by Gasteiger charge is 2.22. The number of hydrogen-bond acceptors (Lipinski definition) is 8. The molecule has 0 aliphatic carbocycles. The first-order valence-corrected chi connectivity index (χ1v) is 7.46. The van der Waals surface area contributed by atoms with Gasteiger partial charge in [0.2, 0.25) is 0 Å². The molecule has 9 heteroatoms. The van der Waals surface area contributed by atoms with Crippen molar-refractivity contribution < 1.29 is 20.1 Å². The first kappa shape index (κ1) is 14.5. The molecule has 24 heavy (non-hydrogen) atoms. The topological polar surface area (TPSA) is 126 Å². The molecule has 1 aliphatic rings. The Balaban J connectivity index is 1.79. The number of imidazole rings is 1. The summed E-state index contributed by atoms with van der Waals surface area (Å²) in [5.74, 6) is -0.364. The number of ether oxygens (including phenoxy) is 1. The van der Waals surface area contributed by atoms with Gasteiger partial charge in [0, 0.05) is 6.61 Å². The van der Waals surface area contributed by atoms with E-state index in [0.717, 1.165) is 12.8 Å². The Morgan fingerprint density at radius 3 is 2.88 bits per heavy atom. The van der Waals surface area contributed by atoms with Gasteiger partial charge < -0.3 is 25.4 Å². The van der Waals surface area contributed by atoms with Crippen LogP contribution in [0, 0.1) is 0 Å². The lowest BCUT2D eigenvalue weighted by Crippen LogP contribution is -2.07. The number of phenols is 2. The van der Waals surface area contributed by atoms with Gasteiger partial charge in [-0.15, -0.1) is 0 Å². The zero-order valence-electron chi connectivity index (χ0n) is 12.5. The standard InChI is InChI=1S/C15H15N5O4/c21-9-4-1-3-8(12(9)22)17-13-11-14(19-15(23)18-13)20(7-16-11)10-5-2-6-24-10/h1,3-4,7,10,21-22H,2,5-6H2,(H2,17,18,19,23). The highest BCUT2D eigenvalue weighted by molar-refractivity contribution is 5.86. The van der Waals surface area contributed by atoms with Crippen LogP contribution in [0.5, 0.6) is 17.5 Å². The van der Waals surface area contributed by atoms with E-state index in [9.17, 15) is 15.3 Å². The Labute approximate surface area is 136 Å². The first-order chi connectivity index (χ1) is 11.6. The second kappa shape index (κ2) is 5.53. The molecule has 1 aliphatic heterocycles. The number of rotatable bonds is 3. The molecule has 2 aromatic heterocycles. The highest BCUT2D eigenvalue weighted by Crippen LogP contribution is 2.36. The number of hydrogen-bond donors (Lipinski definition) is 4. The van der Waals surface area contributed by atoms with Gasteiger partial charge in [0.25, 0.3) is 0 Å². The number of benzene rings is 1. The predicted molar refractivity (Wildman–Crippen MR) is 84.3 cm³/mol. The molecule has 1 saturated heterocycles. The molecule has 0 radical (unpaired) electrons. The van der Waals surface area contributed by atoms with Gasteiger partial charge in [0.15, 0.2) is 28.5 Å². The number of nitrogens with zero attached hydrogens (tertiary/aromatic N) is 4. The van der Waals surface area contributed by atoms with Crippen LogP contribution in [0.4, 0.5) is 11.5 Å². The highest BCUT2D eigenvalue weighted by atomic mass is 16.5. The maximum Gasteiger partial charge on any atom is 0.318 e. The van der Waals surface area contributed by atoms with E-state index in [1.165, 1.54) is 6.07 Å². The summed E-state index contributed by atoms with van der Waals surface area (Å²) in [6.45, 7) is 0.670. The number of phenolic OH excluding ortho intramolecular Hbond substituents is 2. The quantitative estimate of drug-likeness (QED) is 0.538. The lowest BCUT2D eigenvalue weighted by atomic mass is 10.2. The van der Waals surface area contributed by atoms with E-state index < -0.39 is 6.01 Å². The number of nitrogens with one attached hydrogen (secondary N) is 1. The number of aromatic nitrogens is 4. The summed E-state index contributed by atoms with van der Waals surface area (Å²) in [4.78, 5) is 12.3. The molecule has 124 valence electrons. The smallest absolute Gasteiger partial charge is 0.318 e. The molecule has 0 saturated carbocycles. The Hall–Kier alpha value is -3.07. The molecule has 3 aromatic rings. The van der Waals surface area contributed by atoms with Crippen LogP contribution in [0.1, 0.15) is 19.1 Å². The molecule has 1 unspecified atom stereocenters. The van der Waals surface area contributed by atoms with Gasteiger partial charge in [0.05, 0.1) is 12.0 Å². The van der Waals surface area contributed by atoms with Crippen LogP contribution in [0.3, 0.4) is 0 Å². The Kier molecular flexibility index (Phi) is 3.35. The van der Waals surface area contributed by atoms with Gasteiger partial charge >= 0.3 is 6.01 Å². The summed E-state index contributed by atoms with van der Waals surface area (Å²) in [5.41, 5.74) is 1.09. The molecular formula is C15H15N5O4. The van der Waals surface area contributed by atoms with Crippen molar-refractivity contribution >= 4 is 22.7 Å². The fraction of sp³-hybridized carbons (Fsp3) is 0.267. The SMILES string of the molecule is Oc1nc(Nc2cccc(O)c2O)c2ncn(C3CCCO3)c2n1. The van der Waals surface area contributed by atoms with Crippen molar-refractivity contribution in [2.45, 2.75) is 19.1 Å². The minimum Gasteiger partial charge on any atom is -0.504 e. The number of fused-ring (bicyclic) bond motifs is 1. The zero-order valence-corrected chi connectivity index (χ0v) is 12.5. The molecule has 0 amide bonds. The number of aromatic hydroxyl groups is 3. The van der Waals surface area contributed by atoms with Gasteiger partial charge in [-0.05, 0) is 25.0 Å². The second-order valence-corrected chi connectivity index (χ2v) is 5.46. The van der Waals surface area contributed by atoms with Crippen LogP contribution in [-0.4, -0.2) is 41.4 Å². The van der Waals surface area contributed by atoms with Crippen LogP contribution in [-0.2, 0) is 4.74 Å². The van der Waals surface area contributed by atoms with Gasteiger partial charge in [-0.3, -0.25) is 4.57 Å². The summed E-state index contributed by atoms with van der Waals surface area (Å²) in [7, 11) is 0. The zero-order chi connectivity index (χ0) is 16.7. The van der Waals surface area contributed by atoms with E-state index in [2.05, 4.69) is 20.3 Å². The third kappa shape index (κ3) is 2.35. The Morgan fingerprint density at radius 2 is 2.08 bits per heavy atom. The maximum absolute atomic E-state index is 9.91. The summed E-state index contributed by atoms with van der Waals surface area (Å²) in [5, 5.41) is 32.2. The van der Waals surface area contributed by atoms with Gasteiger partial charge in [0.1, 0.15) is 6.23 Å². The maximum atomic E-state index is 9.91. The molecule has 4 N–H and O–H groups in total. The Bertz CT molecular complexity index is 904. The van der Waals surface area contributed by atoms with Crippen LogP contribution < -0.4 is 5.32 Å². The van der Waals surface area contributed by atoms with Crippen molar-refractivity contribution in [3.05, 3.63) is 24.5 Å². The summed E-state index contributed by atoms with van der Waals surface area (Å²) >= 11 is 0. The van der Waals surface area contributed by atoms with Crippen LogP contribution in [0.2, 0.25) is 0 Å². The fourth-order valence-electron chi connectivity index (χ4n) is 2.74. The van der Waals surface area contributed by atoms with E-state index in [1.54, 1.807) is 23.0 Å².